The molecule has 0 aromatic carbocycles. The molecule has 15 heavy (non-hydrogen) atoms. The van der Waals surface area contributed by atoms with E-state index in [0.717, 1.165) is 12.1 Å². The van der Waals surface area contributed by atoms with E-state index in [1.54, 1.807) is 12.3 Å². The van der Waals surface area contributed by atoms with Gasteiger partial charge in [0.25, 0.3) is 0 Å². The second-order valence-electron chi connectivity index (χ2n) is 3.88. The largest absolute Gasteiger partial charge is 0.395 e. The van der Waals surface area contributed by atoms with Crippen molar-refractivity contribution in [2.45, 2.75) is 26.4 Å². The first-order chi connectivity index (χ1) is 7.13. The summed E-state index contributed by atoms with van der Waals surface area (Å²) in [5.74, 6) is 0.539. The lowest BCUT2D eigenvalue weighted by Crippen LogP contribution is -2.32. The third-order valence-electron chi connectivity index (χ3n) is 2.35. The number of hydrogen-bond acceptors (Lipinski definition) is 4. The summed E-state index contributed by atoms with van der Waals surface area (Å²) in [6.45, 7) is 5.88. The molecule has 4 nitrogen and oxygen atoms in total. The van der Waals surface area contributed by atoms with Gasteiger partial charge in [0.15, 0.2) is 0 Å². The average molecular weight is 209 g/mol. The lowest BCUT2D eigenvalue weighted by Gasteiger charge is -2.25. The number of aliphatic hydroxyl groups excluding tert-OH is 1. The van der Waals surface area contributed by atoms with Gasteiger partial charge in [0.1, 0.15) is 5.82 Å². The van der Waals surface area contributed by atoms with Crippen LogP contribution in [0.3, 0.4) is 0 Å². The minimum Gasteiger partial charge on any atom is -0.395 e. The van der Waals surface area contributed by atoms with Crippen molar-refractivity contribution >= 4 is 5.82 Å². The Bertz CT molecular complexity index is 284. The van der Waals surface area contributed by atoms with Gasteiger partial charge in [-0.2, -0.15) is 0 Å². The molecule has 1 heterocycles. The Balaban J connectivity index is 2.61. The summed E-state index contributed by atoms with van der Waals surface area (Å²) in [5.41, 5.74) is 6.63. The van der Waals surface area contributed by atoms with Gasteiger partial charge < -0.3 is 10.8 Å². The van der Waals surface area contributed by atoms with Crippen LogP contribution in [-0.4, -0.2) is 34.2 Å². The maximum Gasteiger partial charge on any atom is 0.123 e. The Morgan fingerprint density at radius 3 is 2.67 bits per heavy atom. The van der Waals surface area contributed by atoms with Gasteiger partial charge in [0, 0.05) is 25.3 Å². The third kappa shape index (κ3) is 3.85. The number of aromatic nitrogens is 1. The van der Waals surface area contributed by atoms with E-state index in [4.69, 9.17) is 10.8 Å². The number of nitrogens with zero attached hydrogens (tertiary/aromatic N) is 2. The Hall–Kier alpha value is -1.13. The molecule has 0 fully saturated rings. The van der Waals surface area contributed by atoms with E-state index in [2.05, 4.69) is 23.7 Å². The molecule has 0 atom stereocenters. The molecule has 0 bridgehead atoms. The summed E-state index contributed by atoms with van der Waals surface area (Å²) in [6.07, 6.45) is 1.78. The normalized spacial score (nSPS) is 11.3. The quantitative estimate of drug-likeness (QED) is 0.755. The van der Waals surface area contributed by atoms with Gasteiger partial charge in [-0.3, -0.25) is 4.90 Å². The van der Waals surface area contributed by atoms with E-state index in [1.807, 2.05) is 6.07 Å². The molecule has 1 aromatic heterocycles. The summed E-state index contributed by atoms with van der Waals surface area (Å²) in [7, 11) is 0. The molecule has 0 saturated heterocycles. The van der Waals surface area contributed by atoms with Crippen LogP contribution in [0.15, 0.2) is 18.3 Å². The fourth-order valence-electron chi connectivity index (χ4n) is 1.41. The maximum absolute atomic E-state index is 8.93. The van der Waals surface area contributed by atoms with Crippen LogP contribution in [0, 0.1) is 0 Å². The van der Waals surface area contributed by atoms with Gasteiger partial charge in [-0.05, 0) is 25.5 Å². The summed E-state index contributed by atoms with van der Waals surface area (Å²) < 4.78 is 0. The number of nitrogen functional groups attached to an aromatic ring is 1. The van der Waals surface area contributed by atoms with Crippen LogP contribution in [0.5, 0.6) is 0 Å². The van der Waals surface area contributed by atoms with E-state index < -0.39 is 0 Å². The smallest absolute Gasteiger partial charge is 0.123 e. The number of nitrogens with two attached hydrogens (primary N) is 1. The van der Waals surface area contributed by atoms with Crippen LogP contribution < -0.4 is 5.73 Å². The lowest BCUT2D eigenvalue weighted by atomic mass is 10.2. The topological polar surface area (TPSA) is 62.4 Å². The van der Waals surface area contributed by atoms with Crippen LogP contribution in [0.1, 0.15) is 19.4 Å². The number of pyridine rings is 1. The van der Waals surface area contributed by atoms with Crippen molar-refractivity contribution in [1.82, 2.24) is 9.88 Å². The highest BCUT2D eigenvalue weighted by atomic mass is 16.3. The summed E-state index contributed by atoms with van der Waals surface area (Å²) in [4.78, 5) is 6.23. The second kappa shape index (κ2) is 5.68. The average Bonchev–Trinajstić information content (AvgIpc) is 2.20. The van der Waals surface area contributed by atoms with Crippen LogP contribution in [0.25, 0.3) is 0 Å². The Labute approximate surface area is 90.7 Å². The highest BCUT2D eigenvalue weighted by Crippen LogP contribution is 2.08. The number of rotatable bonds is 5. The number of anilines is 1. The Morgan fingerprint density at radius 1 is 1.47 bits per heavy atom. The molecule has 3 N–H and O–H groups in total. The molecule has 0 saturated carbocycles. The molecular formula is C11H19N3O. The molecule has 0 unspecified atom stereocenters. The first kappa shape index (κ1) is 11.9. The van der Waals surface area contributed by atoms with Gasteiger partial charge in [-0.25, -0.2) is 4.98 Å². The van der Waals surface area contributed by atoms with Crippen molar-refractivity contribution in [3.05, 3.63) is 23.9 Å². The van der Waals surface area contributed by atoms with Gasteiger partial charge in [0.05, 0.1) is 6.61 Å². The van der Waals surface area contributed by atoms with Crippen LogP contribution in [0.2, 0.25) is 0 Å². The fraction of sp³-hybridized carbons (Fsp3) is 0.545. The molecule has 0 spiro atoms. The van der Waals surface area contributed by atoms with Crippen LogP contribution in [0.4, 0.5) is 5.82 Å². The summed E-state index contributed by atoms with van der Waals surface area (Å²) in [6, 6.07) is 4.18. The first-order valence-corrected chi connectivity index (χ1v) is 5.18. The summed E-state index contributed by atoms with van der Waals surface area (Å²) in [5, 5.41) is 8.93. The Kier molecular flexibility index (Phi) is 4.52. The number of hydrogen-bond donors (Lipinski definition) is 2. The van der Waals surface area contributed by atoms with E-state index in [0.29, 0.717) is 18.4 Å². The second-order valence-corrected chi connectivity index (χ2v) is 3.88. The van der Waals surface area contributed by atoms with Crippen molar-refractivity contribution in [2.75, 3.05) is 18.9 Å². The van der Waals surface area contributed by atoms with E-state index >= 15 is 0 Å². The molecular weight excluding hydrogens is 190 g/mol. The Morgan fingerprint density at radius 2 is 2.20 bits per heavy atom. The lowest BCUT2D eigenvalue weighted by molar-refractivity contribution is 0.159. The molecule has 0 radical (unpaired) electrons. The van der Waals surface area contributed by atoms with Crippen LogP contribution >= 0.6 is 0 Å². The highest BCUT2D eigenvalue weighted by Gasteiger charge is 2.09. The molecule has 1 aromatic rings. The fourth-order valence-corrected chi connectivity index (χ4v) is 1.41. The van der Waals surface area contributed by atoms with Crippen LogP contribution in [-0.2, 0) is 6.54 Å². The van der Waals surface area contributed by atoms with Crippen molar-refractivity contribution in [2.24, 2.45) is 0 Å². The van der Waals surface area contributed by atoms with E-state index in [1.165, 1.54) is 0 Å². The van der Waals surface area contributed by atoms with Gasteiger partial charge in [-0.15, -0.1) is 0 Å². The van der Waals surface area contributed by atoms with Crippen molar-refractivity contribution in [1.29, 1.82) is 0 Å². The van der Waals surface area contributed by atoms with E-state index in [9.17, 15) is 0 Å². The van der Waals surface area contributed by atoms with E-state index in [-0.39, 0.29) is 6.61 Å². The molecule has 0 aliphatic heterocycles. The molecule has 0 amide bonds. The minimum absolute atomic E-state index is 0.181. The predicted octanol–water partition coefficient (Wildman–Crippen LogP) is 0.867. The minimum atomic E-state index is 0.181. The predicted molar refractivity (Wildman–Crippen MR) is 61.3 cm³/mol. The zero-order chi connectivity index (χ0) is 11.3. The SMILES string of the molecule is CC(C)N(CCO)Cc1ccc(N)nc1. The molecule has 4 heteroatoms. The zero-order valence-electron chi connectivity index (χ0n) is 9.35. The van der Waals surface area contributed by atoms with Gasteiger partial charge in [-0.1, -0.05) is 6.07 Å². The third-order valence-corrected chi connectivity index (χ3v) is 2.35. The standard InChI is InChI=1S/C11H19N3O/c1-9(2)14(5-6-15)8-10-3-4-11(12)13-7-10/h3-4,7,9,15H,5-6,8H2,1-2H3,(H2,12,13). The molecule has 0 aliphatic rings. The van der Waals surface area contributed by atoms with Crippen molar-refractivity contribution in [3.63, 3.8) is 0 Å². The number of aliphatic hydroxyl groups is 1. The summed E-state index contributed by atoms with van der Waals surface area (Å²) >= 11 is 0. The van der Waals surface area contributed by atoms with Gasteiger partial charge in [0.2, 0.25) is 0 Å². The monoisotopic (exact) mass is 209 g/mol. The maximum atomic E-state index is 8.93. The zero-order valence-corrected chi connectivity index (χ0v) is 9.35. The molecule has 0 aliphatic carbocycles. The van der Waals surface area contributed by atoms with Gasteiger partial charge >= 0.3 is 0 Å². The first-order valence-electron chi connectivity index (χ1n) is 5.18. The van der Waals surface area contributed by atoms with Crippen molar-refractivity contribution < 1.29 is 5.11 Å². The highest BCUT2D eigenvalue weighted by molar-refractivity contribution is 5.29. The molecule has 84 valence electrons. The molecule has 1 rings (SSSR count). The van der Waals surface area contributed by atoms with Crippen molar-refractivity contribution in [3.8, 4) is 0 Å².